The lowest BCUT2D eigenvalue weighted by molar-refractivity contribution is -0.870. The maximum Gasteiger partial charge on any atom is 0.306 e. The number of hydrogen-bond donors (Lipinski definition) is 1. The summed E-state index contributed by atoms with van der Waals surface area (Å²) < 4.78 is 30.2. The Morgan fingerprint density at radius 2 is 0.985 bits per heavy atom. The molecule has 0 rings (SSSR count). The number of nitrogens with zero attached hydrogens (tertiary/aromatic N) is 1. The summed E-state index contributed by atoms with van der Waals surface area (Å²) in [6.45, 7) is 6.66. The number of rotatable bonds is 49. The predicted octanol–water partition coefficient (Wildman–Crippen LogP) is 15.9. The van der Waals surface area contributed by atoms with Crippen molar-refractivity contribution in [2.75, 3.05) is 40.9 Å². The third-order valence-electron chi connectivity index (χ3n) is 11.9. The monoisotopic (exact) mass is 973 g/mol. The van der Waals surface area contributed by atoms with Gasteiger partial charge in [-0.2, -0.15) is 0 Å². The molecule has 0 heterocycles. The summed E-state index contributed by atoms with van der Waals surface area (Å²) in [6, 6.07) is -0.906. The molecule has 0 radical (unpaired) electrons. The third kappa shape index (κ3) is 48.5. The van der Waals surface area contributed by atoms with Gasteiger partial charge in [-0.25, -0.2) is 0 Å². The van der Waals surface area contributed by atoms with Crippen LogP contribution >= 0.6 is 7.82 Å². The third-order valence-corrected chi connectivity index (χ3v) is 12.9. The van der Waals surface area contributed by atoms with Gasteiger partial charge in [0.15, 0.2) is 0 Å². The van der Waals surface area contributed by atoms with Gasteiger partial charge >= 0.3 is 5.97 Å². The smallest absolute Gasteiger partial charge is 0.306 e. The van der Waals surface area contributed by atoms with Gasteiger partial charge < -0.3 is 28.5 Å². The Balaban J connectivity index is 5.46. The van der Waals surface area contributed by atoms with E-state index in [4.69, 9.17) is 13.8 Å². The number of ether oxygens (including phenoxy) is 1. The van der Waals surface area contributed by atoms with Gasteiger partial charge in [0.2, 0.25) is 5.91 Å². The van der Waals surface area contributed by atoms with E-state index in [1.165, 1.54) is 77.0 Å². The van der Waals surface area contributed by atoms with E-state index >= 15 is 0 Å². The zero-order chi connectivity index (χ0) is 50.1. The molecule has 0 saturated carbocycles. The van der Waals surface area contributed by atoms with E-state index in [0.717, 1.165) is 109 Å². The van der Waals surface area contributed by atoms with Crippen LogP contribution in [0.2, 0.25) is 0 Å². The van der Waals surface area contributed by atoms with Crippen LogP contribution in [0.1, 0.15) is 233 Å². The molecule has 10 heteroatoms. The number of amides is 1. The first-order valence-corrected chi connectivity index (χ1v) is 29.2. The molecule has 0 saturated heterocycles. The molecule has 3 atom stereocenters. The summed E-state index contributed by atoms with van der Waals surface area (Å²) in [4.78, 5) is 39.8. The minimum atomic E-state index is -4.70. The van der Waals surface area contributed by atoms with Crippen LogP contribution in [0.25, 0.3) is 0 Å². The minimum Gasteiger partial charge on any atom is -0.756 e. The molecular formula is C58H105N2O7P. The second kappa shape index (κ2) is 48.1. The largest absolute Gasteiger partial charge is 0.756 e. The highest BCUT2D eigenvalue weighted by Gasteiger charge is 2.27. The van der Waals surface area contributed by atoms with Gasteiger partial charge in [-0.3, -0.25) is 14.2 Å². The molecule has 0 aromatic carbocycles. The predicted molar refractivity (Wildman–Crippen MR) is 288 cm³/mol. The number of likely N-dealkylation sites (N-methyl/N-ethyl adjacent to an activating group) is 1. The Morgan fingerprint density at radius 1 is 0.544 bits per heavy atom. The van der Waals surface area contributed by atoms with Crippen LogP contribution in [0.4, 0.5) is 0 Å². The summed E-state index contributed by atoms with van der Waals surface area (Å²) in [5.74, 6) is -0.583. The molecule has 9 nitrogen and oxygen atoms in total. The van der Waals surface area contributed by atoms with Crippen LogP contribution in [0, 0.1) is 0 Å². The average molecular weight is 973 g/mol. The number of nitrogens with one attached hydrogen (secondary N) is 1. The summed E-state index contributed by atoms with van der Waals surface area (Å²) >= 11 is 0. The van der Waals surface area contributed by atoms with Crippen LogP contribution < -0.4 is 10.2 Å². The highest BCUT2D eigenvalue weighted by Crippen LogP contribution is 2.38. The summed E-state index contributed by atoms with van der Waals surface area (Å²) in [5, 5.41) is 3.00. The van der Waals surface area contributed by atoms with Crippen molar-refractivity contribution in [3.05, 3.63) is 72.9 Å². The van der Waals surface area contributed by atoms with Crippen molar-refractivity contribution in [3.63, 3.8) is 0 Å². The Labute approximate surface area is 419 Å². The van der Waals surface area contributed by atoms with Gasteiger partial charge in [0.05, 0.1) is 33.8 Å². The number of esters is 1. The second-order valence-electron chi connectivity index (χ2n) is 19.7. The summed E-state index contributed by atoms with van der Waals surface area (Å²) in [6.07, 6.45) is 60.0. The fourth-order valence-corrected chi connectivity index (χ4v) is 8.31. The molecule has 0 aromatic heterocycles. The van der Waals surface area contributed by atoms with Gasteiger partial charge in [-0.1, -0.05) is 203 Å². The van der Waals surface area contributed by atoms with E-state index < -0.39 is 26.6 Å². The van der Waals surface area contributed by atoms with Crippen molar-refractivity contribution in [1.29, 1.82) is 0 Å². The average Bonchev–Trinajstić information content (AvgIpc) is 3.29. The number of carbonyl (C=O) groups excluding carboxylic acids is 2. The van der Waals surface area contributed by atoms with Crippen molar-refractivity contribution in [3.8, 4) is 0 Å². The fraction of sp³-hybridized carbons (Fsp3) is 0.759. The van der Waals surface area contributed by atoms with Gasteiger partial charge in [-0.05, 0) is 89.5 Å². The number of unbranched alkanes of at least 4 members (excludes halogenated alkanes) is 24. The molecule has 68 heavy (non-hydrogen) atoms. The van der Waals surface area contributed by atoms with Gasteiger partial charge in [0.1, 0.15) is 19.3 Å². The van der Waals surface area contributed by atoms with E-state index in [1.807, 2.05) is 33.3 Å². The first-order valence-electron chi connectivity index (χ1n) is 27.8. The Morgan fingerprint density at radius 3 is 1.53 bits per heavy atom. The SMILES string of the molecule is CC/C=C/C/C=C/C/C=C/CCCCCCC(=O)NC(COP(=O)([O-])OCC[N+](C)(C)C)C(/C=C/CCCCCCCCCCCCC)OC(=O)CCCCCCCC/C=C/C=C/CCCCC. The minimum absolute atomic E-state index is 0.0315. The van der Waals surface area contributed by atoms with Crippen molar-refractivity contribution >= 4 is 19.7 Å². The van der Waals surface area contributed by atoms with Crippen molar-refractivity contribution < 1.29 is 37.3 Å². The molecule has 1 N–H and O–H groups in total. The number of hydrogen-bond acceptors (Lipinski definition) is 7. The maximum absolute atomic E-state index is 13.4. The lowest BCUT2D eigenvalue weighted by Crippen LogP contribution is -2.47. The van der Waals surface area contributed by atoms with Crippen LogP contribution in [0.15, 0.2) is 72.9 Å². The normalized spacial score (nSPS) is 14.4. The first kappa shape index (κ1) is 65.5. The maximum atomic E-state index is 13.4. The van der Waals surface area contributed by atoms with E-state index in [0.29, 0.717) is 23.9 Å². The molecule has 0 fully saturated rings. The van der Waals surface area contributed by atoms with Crippen LogP contribution in [0.5, 0.6) is 0 Å². The fourth-order valence-electron chi connectivity index (χ4n) is 7.58. The molecule has 0 bridgehead atoms. The van der Waals surface area contributed by atoms with E-state index in [2.05, 4.69) is 86.8 Å². The standard InChI is InChI=1S/C58H105N2O7P/c1-7-10-13-16-19-22-25-28-30-33-36-39-42-45-48-51-58(62)67-56(49-46-43-40-37-34-31-27-24-21-18-15-12-9-3)55(54-66-68(63,64)65-53-52-60(4,5)6)59-57(61)50-47-44-41-38-35-32-29-26-23-20-17-14-11-8-2/h11,14,19-20,22-23,25,28-29,32,46,49,55-56H,7-10,12-13,15-18,21,24,26-27,30-31,33-45,47-48,50-54H2,1-6H3,(H-,59,61,63,64)/b14-11+,22-19+,23-20+,28-25+,32-29+,49-46+. The quantitative estimate of drug-likeness (QED) is 0.0161. The molecular weight excluding hydrogens is 868 g/mol. The van der Waals surface area contributed by atoms with Gasteiger partial charge in [0.25, 0.3) is 7.82 Å². The Bertz CT molecular complexity index is 1400. The number of allylic oxidation sites excluding steroid dienone is 11. The molecule has 1 amide bonds. The topological polar surface area (TPSA) is 114 Å². The molecule has 0 spiro atoms. The highest BCUT2D eigenvalue weighted by molar-refractivity contribution is 7.45. The second-order valence-corrected chi connectivity index (χ2v) is 21.1. The number of phosphoric acid groups is 1. The van der Waals surface area contributed by atoms with Crippen LogP contribution in [0.3, 0.4) is 0 Å². The summed E-state index contributed by atoms with van der Waals surface area (Å²) in [5.41, 5.74) is 0. The zero-order valence-corrected chi connectivity index (χ0v) is 45.7. The molecule has 3 unspecified atom stereocenters. The number of phosphoric ester groups is 1. The Hall–Kier alpha value is -2.55. The van der Waals surface area contributed by atoms with Crippen LogP contribution in [-0.4, -0.2) is 69.4 Å². The van der Waals surface area contributed by atoms with Gasteiger partial charge in [0, 0.05) is 12.8 Å². The van der Waals surface area contributed by atoms with Crippen LogP contribution in [-0.2, 0) is 27.9 Å². The number of carbonyl (C=O) groups is 2. The Kier molecular flexibility index (Phi) is 46.3. The molecule has 0 aliphatic carbocycles. The first-order chi connectivity index (χ1) is 32.9. The van der Waals surface area contributed by atoms with Crippen molar-refractivity contribution in [1.82, 2.24) is 5.32 Å². The van der Waals surface area contributed by atoms with E-state index in [-0.39, 0.29) is 31.3 Å². The summed E-state index contributed by atoms with van der Waals surface area (Å²) in [7, 11) is 1.15. The molecule has 0 aliphatic heterocycles. The number of quaternary nitrogens is 1. The lowest BCUT2D eigenvalue weighted by atomic mass is 10.0. The lowest BCUT2D eigenvalue weighted by Gasteiger charge is -2.30. The van der Waals surface area contributed by atoms with E-state index in [9.17, 15) is 19.0 Å². The molecule has 0 aliphatic rings. The van der Waals surface area contributed by atoms with Crippen molar-refractivity contribution in [2.24, 2.45) is 0 Å². The van der Waals surface area contributed by atoms with Gasteiger partial charge in [-0.15, -0.1) is 0 Å². The molecule has 394 valence electrons. The zero-order valence-electron chi connectivity index (χ0n) is 44.8. The van der Waals surface area contributed by atoms with Crippen molar-refractivity contribution in [2.45, 2.75) is 245 Å². The highest BCUT2D eigenvalue weighted by atomic mass is 31.2. The van der Waals surface area contributed by atoms with E-state index in [1.54, 1.807) is 0 Å². The molecule has 0 aromatic rings.